The third-order valence-electron chi connectivity index (χ3n) is 6.16. The van der Waals surface area contributed by atoms with Crippen molar-refractivity contribution in [1.29, 1.82) is 0 Å². The molecule has 0 heterocycles. The van der Waals surface area contributed by atoms with Crippen LogP contribution in [0.1, 0.15) is 78.9 Å². The van der Waals surface area contributed by atoms with Gasteiger partial charge in [-0.25, -0.2) is 0 Å². The van der Waals surface area contributed by atoms with Gasteiger partial charge in [0.25, 0.3) is 0 Å². The lowest BCUT2D eigenvalue weighted by Crippen LogP contribution is -2.38. The number of aliphatic hydroxyl groups excluding tert-OH is 1. The van der Waals surface area contributed by atoms with E-state index in [2.05, 4.69) is 61.5 Å². The van der Waals surface area contributed by atoms with E-state index in [0.29, 0.717) is 41.6 Å². The average molecular weight is 357 g/mol. The van der Waals surface area contributed by atoms with Crippen LogP contribution in [-0.4, -0.2) is 10.2 Å². The Labute approximate surface area is 159 Å². The molecule has 0 unspecified atom stereocenters. The van der Waals surface area contributed by atoms with E-state index in [4.69, 9.17) is 0 Å². The highest BCUT2D eigenvalue weighted by Crippen LogP contribution is 2.57. The molecule has 2 N–H and O–H groups in total. The van der Waals surface area contributed by atoms with Gasteiger partial charge >= 0.3 is 0 Å². The first-order chi connectivity index (χ1) is 12.0. The molecule has 0 radical (unpaired) electrons. The Morgan fingerprint density at radius 3 is 1.88 bits per heavy atom. The second kappa shape index (κ2) is 7.50. The summed E-state index contributed by atoms with van der Waals surface area (Å²) >= 11 is 0. The minimum atomic E-state index is -0.126. The van der Waals surface area contributed by atoms with Crippen LogP contribution in [0.2, 0.25) is 0 Å². The Hall–Kier alpha value is -1.70. The maximum atomic E-state index is 10.6. The van der Waals surface area contributed by atoms with Crippen molar-refractivity contribution in [3.05, 3.63) is 46.7 Å². The van der Waals surface area contributed by atoms with Crippen LogP contribution in [0, 0.1) is 23.2 Å². The zero-order valence-electron chi connectivity index (χ0n) is 17.7. The van der Waals surface area contributed by atoms with Crippen LogP contribution in [0.3, 0.4) is 0 Å². The van der Waals surface area contributed by atoms with Crippen molar-refractivity contribution < 1.29 is 10.2 Å². The lowest BCUT2D eigenvalue weighted by atomic mass is 9.56. The Balaban J connectivity index is 2.95. The molecule has 0 aromatic heterocycles. The third kappa shape index (κ3) is 3.43. The van der Waals surface area contributed by atoms with E-state index >= 15 is 0 Å². The van der Waals surface area contributed by atoms with Crippen molar-refractivity contribution in [2.75, 3.05) is 0 Å². The van der Waals surface area contributed by atoms with Gasteiger partial charge in [-0.15, -0.1) is 0 Å². The molecule has 0 aliphatic heterocycles. The second-order valence-corrected chi connectivity index (χ2v) is 9.07. The monoisotopic (exact) mass is 356 g/mol. The molecule has 1 aliphatic carbocycles. The molecule has 1 aromatic rings. The molecule has 0 spiro atoms. The Kier molecular flexibility index (Phi) is 5.95. The fourth-order valence-electron chi connectivity index (χ4n) is 4.73. The van der Waals surface area contributed by atoms with Crippen LogP contribution < -0.4 is 0 Å². The van der Waals surface area contributed by atoms with Gasteiger partial charge in [-0.2, -0.15) is 0 Å². The number of rotatable bonds is 5. The first kappa shape index (κ1) is 20.6. The van der Waals surface area contributed by atoms with E-state index in [9.17, 15) is 10.2 Å². The Morgan fingerprint density at radius 2 is 1.42 bits per heavy atom. The lowest BCUT2D eigenvalue weighted by Gasteiger charge is -2.48. The van der Waals surface area contributed by atoms with Crippen LogP contribution in [-0.2, 0) is 0 Å². The molecule has 1 aromatic carbocycles. The Morgan fingerprint density at radius 1 is 0.846 bits per heavy atom. The van der Waals surface area contributed by atoms with Gasteiger partial charge < -0.3 is 10.2 Å². The van der Waals surface area contributed by atoms with Crippen molar-refractivity contribution in [1.82, 2.24) is 0 Å². The molecule has 0 saturated heterocycles. The summed E-state index contributed by atoms with van der Waals surface area (Å²) in [5, 5.41) is 20.7. The highest BCUT2D eigenvalue weighted by Gasteiger charge is 2.46. The number of hydrogen-bond donors (Lipinski definition) is 2. The zero-order valence-corrected chi connectivity index (χ0v) is 17.7. The molecule has 2 rings (SSSR count). The van der Waals surface area contributed by atoms with Gasteiger partial charge in [0.1, 0.15) is 5.75 Å². The smallest absolute Gasteiger partial charge is 0.115 e. The summed E-state index contributed by atoms with van der Waals surface area (Å²) < 4.78 is 0. The van der Waals surface area contributed by atoms with E-state index < -0.39 is 0 Å². The average Bonchev–Trinajstić information content (AvgIpc) is 2.53. The van der Waals surface area contributed by atoms with E-state index in [1.165, 1.54) is 22.3 Å². The number of aromatic hydroxyl groups is 1. The van der Waals surface area contributed by atoms with Gasteiger partial charge in [0, 0.05) is 11.8 Å². The third-order valence-corrected chi connectivity index (χ3v) is 6.16. The molecule has 0 fully saturated rings. The van der Waals surface area contributed by atoms with E-state index in [0.717, 1.165) is 0 Å². The molecular formula is C24H36O2. The summed E-state index contributed by atoms with van der Waals surface area (Å²) in [6, 6.07) is 5.79. The number of phenols is 1. The number of hydrogen-bond acceptors (Lipinski definition) is 2. The first-order valence-corrected chi connectivity index (χ1v) is 9.99. The van der Waals surface area contributed by atoms with Crippen molar-refractivity contribution in [3.8, 4) is 5.75 Å². The van der Waals surface area contributed by atoms with Crippen molar-refractivity contribution in [3.63, 3.8) is 0 Å². The summed E-state index contributed by atoms with van der Waals surface area (Å²) in [6.45, 7) is 17.8. The maximum absolute atomic E-state index is 10.6. The highest BCUT2D eigenvalue weighted by atomic mass is 16.3. The fraction of sp³-hybridized carbons (Fsp3) is 0.583. The van der Waals surface area contributed by atoms with E-state index in [1.54, 1.807) is 6.07 Å². The topological polar surface area (TPSA) is 40.5 Å². The quantitative estimate of drug-likeness (QED) is 0.592. The molecule has 2 heteroatoms. The number of allylic oxidation sites excluding steroid dienone is 4. The van der Waals surface area contributed by atoms with Crippen LogP contribution >= 0.6 is 0 Å². The predicted octanol–water partition coefficient (Wildman–Crippen LogP) is 7.07. The van der Waals surface area contributed by atoms with Crippen LogP contribution in [0.4, 0.5) is 0 Å². The van der Waals surface area contributed by atoms with Crippen LogP contribution in [0.5, 0.6) is 5.75 Å². The van der Waals surface area contributed by atoms with Crippen molar-refractivity contribution in [2.45, 2.75) is 67.7 Å². The van der Waals surface area contributed by atoms with E-state index in [1.807, 2.05) is 12.1 Å². The van der Waals surface area contributed by atoms with Gasteiger partial charge in [-0.3, -0.25) is 0 Å². The number of aliphatic hydroxyl groups is 1. The van der Waals surface area contributed by atoms with Crippen molar-refractivity contribution >= 4 is 5.57 Å². The van der Waals surface area contributed by atoms with Gasteiger partial charge in [0.2, 0.25) is 0 Å². The molecule has 0 saturated carbocycles. The van der Waals surface area contributed by atoms with Crippen LogP contribution in [0.25, 0.3) is 5.57 Å². The zero-order chi connectivity index (χ0) is 19.8. The molecular weight excluding hydrogens is 320 g/mol. The van der Waals surface area contributed by atoms with E-state index in [-0.39, 0.29) is 5.41 Å². The minimum Gasteiger partial charge on any atom is -0.512 e. The summed E-state index contributed by atoms with van der Waals surface area (Å²) in [5.74, 6) is 2.21. The summed E-state index contributed by atoms with van der Waals surface area (Å²) in [4.78, 5) is 0. The molecule has 26 heavy (non-hydrogen) atoms. The summed E-state index contributed by atoms with van der Waals surface area (Å²) in [6.07, 6.45) is 2.66. The van der Waals surface area contributed by atoms with Gasteiger partial charge in [-0.05, 0) is 64.2 Å². The lowest BCUT2D eigenvalue weighted by molar-refractivity contribution is 0.161. The number of benzene rings is 1. The maximum Gasteiger partial charge on any atom is 0.115 e. The summed E-state index contributed by atoms with van der Waals surface area (Å²) in [5.41, 5.74) is 4.87. The van der Waals surface area contributed by atoms with Gasteiger partial charge in [0.15, 0.2) is 0 Å². The van der Waals surface area contributed by atoms with Crippen molar-refractivity contribution in [2.24, 2.45) is 23.2 Å². The Bertz CT molecular complexity index is 710. The molecule has 2 nitrogen and oxygen atoms in total. The van der Waals surface area contributed by atoms with Gasteiger partial charge in [0.05, 0.1) is 5.76 Å². The SMILES string of the molecule is CC(C)C1=C(c2ccc(O)cc2C(C)C)C(C(C)C)(C(C)C)CC(O)=C1. The van der Waals surface area contributed by atoms with Crippen LogP contribution in [0.15, 0.2) is 35.6 Å². The molecule has 1 aliphatic rings. The number of phenolic OH excluding ortho intramolecular Hbond substituents is 1. The fourth-order valence-corrected chi connectivity index (χ4v) is 4.73. The molecule has 0 bridgehead atoms. The normalized spacial score (nSPS) is 17.6. The minimum absolute atomic E-state index is 0.126. The second-order valence-electron chi connectivity index (χ2n) is 9.07. The van der Waals surface area contributed by atoms with Gasteiger partial charge in [-0.1, -0.05) is 61.5 Å². The molecule has 0 amide bonds. The molecule has 144 valence electrons. The largest absolute Gasteiger partial charge is 0.512 e. The standard InChI is InChI=1S/C24H36O2/c1-14(2)21-11-18(25)9-10-20(21)23-22(15(3)4)12-19(26)13-24(23,16(5)6)17(7)8/h9-12,14-17,25-26H,13H2,1-8H3. The molecule has 0 atom stereocenters. The predicted molar refractivity (Wildman–Crippen MR) is 111 cm³/mol. The summed E-state index contributed by atoms with van der Waals surface area (Å²) in [7, 11) is 0. The highest BCUT2D eigenvalue weighted by molar-refractivity contribution is 5.80. The first-order valence-electron chi connectivity index (χ1n) is 9.99.